The highest BCUT2D eigenvalue weighted by Crippen LogP contribution is 2.41. The quantitative estimate of drug-likeness (QED) is 0.500. The summed E-state index contributed by atoms with van der Waals surface area (Å²) in [5, 5.41) is 2.19. The van der Waals surface area contributed by atoms with Crippen LogP contribution in [-0.4, -0.2) is 40.1 Å². The highest BCUT2D eigenvalue weighted by atomic mass is 35.5. The maximum absolute atomic E-state index is 13.3. The van der Waals surface area contributed by atoms with Gasteiger partial charge in [-0.25, -0.2) is 9.40 Å². The molecule has 4 rings (SSSR count). The number of carbonyl (C=O) groups is 4. The van der Waals surface area contributed by atoms with Crippen LogP contribution in [0.15, 0.2) is 48.5 Å². The maximum atomic E-state index is 13.3. The number of ketones is 1. The van der Waals surface area contributed by atoms with E-state index in [9.17, 15) is 23.6 Å². The van der Waals surface area contributed by atoms with Crippen molar-refractivity contribution in [1.82, 2.24) is 10.0 Å². The van der Waals surface area contributed by atoms with Crippen molar-refractivity contribution in [3.8, 4) is 0 Å². The van der Waals surface area contributed by atoms with E-state index < -0.39 is 47.7 Å². The molecule has 2 aromatic carbocycles. The van der Waals surface area contributed by atoms with Gasteiger partial charge in [0.25, 0.3) is 17.7 Å². The molecular formula is C24H22ClFN2O4. The fourth-order valence-electron chi connectivity index (χ4n) is 4.45. The zero-order chi connectivity index (χ0) is 23.0. The van der Waals surface area contributed by atoms with Crippen molar-refractivity contribution in [2.45, 2.75) is 26.2 Å². The summed E-state index contributed by atoms with van der Waals surface area (Å²) >= 11 is 5.91. The first-order valence-electron chi connectivity index (χ1n) is 10.5. The summed E-state index contributed by atoms with van der Waals surface area (Å²) in [7, 11) is 0. The molecule has 32 heavy (non-hydrogen) atoms. The number of amides is 3. The van der Waals surface area contributed by atoms with Gasteiger partial charge in [0, 0.05) is 16.1 Å². The molecule has 0 spiro atoms. The summed E-state index contributed by atoms with van der Waals surface area (Å²) in [6.45, 7) is 1.50. The van der Waals surface area contributed by atoms with Crippen LogP contribution < -0.4 is 0 Å². The molecule has 1 aliphatic heterocycles. The molecule has 0 N–H and O–H groups in total. The smallest absolute Gasteiger partial charge is 0.273 e. The van der Waals surface area contributed by atoms with Crippen LogP contribution in [0, 0.1) is 23.6 Å². The van der Waals surface area contributed by atoms with Crippen molar-refractivity contribution in [3.63, 3.8) is 0 Å². The van der Waals surface area contributed by atoms with Gasteiger partial charge >= 0.3 is 0 Å². The van der Waals surface area contributed by atoms with Crippen molar-refractivity contribution in [2.24, 2.45) is 17.8 Å². The lowest BCUT2D eigenvalue weighted by Gasteiger charge is -2.30. The number of hydrazine groups is 1. The second kappa shape index (κ2) is 8.82. The van der Waals surface area contributed by atoms with Crippen LogP contribution in [-0.2, 0) is 9.59 Å². The first-order chi connectivity index (χ1) is 15.3. The fourth-order valence-corrected chi connectivity index (χ4v) is 4.57. The molecule has 2 aliphatic rings. The number of hydrogen-bond acceptors (Lipinski definition) is 4. The van der Waals surface area contributed by atoms with Crippen LogP contribution in [0.2, 0.25) is 5.02 Å². The first kappa shape index (κ1) is 22.1. The lowest BCUT2D eigenvalue weighted by Crippen LogP contribution is -2.52. The predicted octanol–water partition coefficient (Wildman–Crippen LogP) is 4.14. The Morgan fingerprint density at radius 3 is 2.22 bits per heavy atom. The molecule has 166 valence electrons. The fraction of sp³-hybridized carbons (Fsp3) is 0.333. The average Bonchev–Trinajstić information content (AvgIpc) is 3.02. The van der Waals surface area contributed by atoms with Gasteiger partial charge in [-0.2, -0.15) is 5.01 Å². The van der Waals surface area contributed by atoms with E-state index in [2.05, 4.69) is 0 Å². The zero-order valence-electron chi connectivity index (χ0n) is 17.5. The van der Waals surface area contributed by atoms with Gasteiger partial charge in [-0.1, -0.05) is 18.5 Å². The lowest BCUT2D eigenvalue weighted by atomic mass is 9.76. The molecule has 6 nitrogen and oxygen atoms in total. The van der Waals surface area contributed by atoms with Gasteiger partial charge in [0.1, 0.15) is 12.4 Å². The Balaban J connectivity index is 1.68. The monoisotopic (exact) mass is 456 g/mol. The molecule has 3 atom stereocenters. The minimum atomic E-state index is -0.662. The van der Waals surface area contributed by atoms with Crippen molar-refractivity contribution in [3.05, 3.63) is 70.5 Å². The highest BCUT2D eigenvalue weighted by Gasteiger charge is 2.52. The highest BCUT2D eigenvalue weighted by molar-refractivity contribution is 6.30. The minimum Gasteiger partial charge on any atom is -0.292 e. The molecule has 0 aromatic heterocycles. The molecule has 0 unspecified atom stereocenters. The van der Waals surface area contributed by atoms with Crippen molar-refractivity contribution >= 4 is 35.1 Å². The Morgan fingerprint density at radius 1 is 0.969 bits per heavy atom. The maximum Gasteiger partial charge on any atom is 0.273 e. The SMILES string of the molecule is C[C@@H]1CC[C@H]2C(=O)N(N(CC(=O)c3ccc(F)cc3)C(=O)c3ccc(Cl)cc3)C(=O)[C@H]2C1. The average molecular weight is 457 g/mol. The predicted molar refractivity (Wildman–Crippen MR) is 115 cm³/mol. The molecule has 1 saturated carbocycles. The zero-order valence-corrected chi connectivity index (χ0v) is 18.2. The van der Waals surface area contributed by atoms with Crippen LogP contribution in [0.25, 0.3) is 0 Å². The number of benzene rings is 2. The number of imide groups is 1. The molecule has 8 heteroatoms. The second-order valence-corrected chi connectivity index (χ2v) is 8.86. The number of nitrogens with zero attached hydrogens (tertiary/aromatic N) is 2. The summed E-state index contributed by atoms with van der Waals surface area (Å²) in [6, 6.07) is 10.9. The standard InChI is InChI=1S/C24H22ClFN2O4/c1-14-2-11-19-20(12-14)24(32)28(23(19)31)27(22(30)16-3-7-17(25)8-4-16)13-21(29)15-5-9-18(26)10-6-15/h3-10,14,19-20H,2,11-13H2,1H3/t14-,19-,20+/m1/s1. The summed E-state index contributed by atoms with van der Waals surface area (Å²) in [5.41, 5.74) is 0.357. The van der Waals surface area contributed by atoms with Crippen LogP contribution >= 0.6 is 11.6 Å². The third kappa shape index (κ3) is 4.17. The van der Waals surface area contributed by atoms with Crippen LogP contribution in [0.1, 0.15) is 46.9 Å². The molecule has 1 saturated heterocycles. The molecule has 1 aliphatic carbocycles. The Morgan fingerprint density at radius 2 is 1.56 bits per heavy atom. The molecule has 2 fully saturated rings. The molecular weight excluding hydrogens is 435 g/mol. The number of fused-ring (bicyclic) bond motifs is 1. The molecule has 2 aromatic rings. The van der Waals surface area contributed by atoms with E-state index in [0.29, 0.717) is 23.8 Å². The molecule has 1 heterocycles. The van der Waals surface area contributed by atoms with E-state index >= 15 is 0 Å². The van der Waals surface area contributed by atoms with Crippen LogP contribution in [0.4, 0.5) is 4.39 Å². The summed E-state index contributed by atoms with van der Waals surface area (Å²) in [6.07, 6.45) is 1.97. The number of carbonyl (C=O) groups excluding carboxylic acids is 4. The van der Waals surface area contributed by atoms with Crippen LogP contribution in [0.3, 0.4) is 0 Å². The topological polar surface area (TPSA) is 74.8 Å². The third-order valence-electron chi connectivity index (χ3n) is 6.19. The first-order valence-corrected chi connectivity index (χ1v) is 10.9. The second-order valence-electron chi connectivity index (χ2n) is 8.42. The Kier molecular flexibility index (Phi) is 6.11. The van der Waals surface area contributed by atoms with E-state index in [0.717, 1.165) is 28.6 Å². The van der Waals surface area contributed by atoms with E-state index in [4.69, 9.17) is 11.6 Å². The Hall–Kier alpha value is -3.06. The van der Waals surface area contributed by atoms with Crippen molar-refractivity contribution < 1.29 is 23.6 Å². The van der Waals surface area contributed by atoms with Gasteiger partial charge in [-0.15, -0.1) is 0 Å². The van der Waals surface area contributed by atoms with Crippen molar-refractivity contribution in [2.75, 3.05) is 6.54 Å². The summed E-state index contributed by atoms with van der Waals surface area (Å²) < 4.78 is 13.3. The third-order valence-corrected chi connectivity index (χ3v) is 6.44. The molecule has 3 amide bonds. The summed E-state index contributed by atoms with van der Waals surface area (Å²) in [4.78, 5) is 52.7. The number of Topliss-reactive ketones (excluding diaryl/α,β-unsaturated/α-hetero) is 1. The van der Waals surface area contributed by atoms with Crippen molar-refractivity contribution in [1.29, 1.82) is 0 Å². The van der Waals surface area contributed by atoms with Gasteiger partial charge in [0.05, 0.1) is 11.8 Å². The molecule has 0 radical (unpaired) electrons. The van der Waals surface area contributed by atoms with Gasteiger partial charge in [-0.05, 0) is 73.7 Å². The normalized spacial score (nSPS) is 22.6. The van der Waals surface area contributed by atoms with Gasteiger partial charge in [-0.3, -0.25) is 19.2 Å². The van der Waals surface area contributed by atoms with E-state index in [-0.39, 0.29) is 11.1 Å². The van der Waals surface area contributed by atoms with E-state index in [1.165, 1.54) is 36.4 Å². The lowest BCUT2D eigenvalue weighted by molar-refractivity contribution is -0.154. The van der Waals surface area contributed by atoms with Gasteiger partial charge < -0.3 is 0 Å². The minimum absolute atomic E-state index is 0.172. The Labute approximate surface area is 189 Å². The molecule has 0 bridgehead atoms. The number of rotatable bonds is 5. The number of halogens is 2. The van der Waals surface area contributed by atoms with Gasteiger partial charge in [0.15, 0.2) is 5.78 Å². The van der Waals surface area contributed by atoms with E-state index in [1.807, 2.05) is 6.92 Å². The van der Waals surface area contributed by atoms with Crippen LogP contribution in [0.5, 0.6) is 0 Å². The number of hydrogen-bond donors (Lipinski definition) is 0. The largest absolute Gasteiger partial charge is 0.292 e. The summed E-state index contributed by atoms with van der Waals surface area (Å²) in [5.74, 6) is -3.27. The Bertz CT molecular complexity index is 1070. The van der Waals surface area contributed by atoms with Gasteiger partial charge in [0.2, 0.25) is 0 Å². The van der Waals surface area contributed by atoms with E-state index in [1.54, 1.807) is 0 Å².